The molecule has 0 aliphatic rings. The highest BCUT2D eigenvalue weighted by Crippen LogP contribution is 2.11. The number of hydrogen-bond donors (Lipinski definition) is 2. The molecule has 0 aliphatic carbocycles. The Morgan fingerprint density at radius 1 is 1.39 bits per heavy atom. The van der Waals surface area contributed by atoms with Gasteiger partial charge in [-0.15, -0.1) is 0 Å². The Morgan fingerprint density at radius 3 is 3.00 bits per heavy atom. The van der Waals surface area contributed by atoms with Crippen molar-refractivity contribution in [1.29, 1.82) is 0 Å². The fraction of sp³-hybridized carbons (Fsp3) is 0.133. The van der Waals surface area contributed by atoms with Crippen molar-refractivity contribution < 1.29 is 18.8 Å². The van der Waals surface area contributed by atoms with Crippen LogP contribution >= 0.6 is 0 Å². The van der Waals surface area contributed by atoms with Crippen LogP contribution in [0.5, 0.6) is 0 Å². The van der Waals surface area contributed by atoms with E-state index in [1.807, 2.05) is 0 Å². The first kappa shape index (κ1) is 14.9. The molecule has 7 nitrogen and oxygen atoms in total. The van der Waals surface area contributed by atoms with E-state index >= 15 is 0 Å². The summed E-state index contributed by atoms with van der Waals surface area (Å²) in [5.41, 5.74) is 1.29. The van der Waals surface area contributed by atoms with E-state index in [1.54, 1.807) is 23.0 Å². The van der Waals surface area contributed by atoms with Crippen molar-refractivity contribution in [2.45, 2.75) is 13.2 Å². The second-order valence-electron chi connectivity index (χ2n) is 4.85. The largest absolute Gasteiger partial charge is 0.388 e. The monoisotopic (exact) mass is 316 g/mol. The summed E-state index contributed by atoms with van der Waals surface area (Å²) in [6.45, 7) is 0.0537. The molecule has 0 saturated heterocycles. The van der Waals surface area contributed by atoms with Gasteiger partial charge in [-0.2, -0.15) is 5.10 Å². The number of rotatable bonds is 5. The number of nitrogens with one attached hydrogen (secondary N) is 1. The molecular weight excluding hydrogens is 303 g/mol. The van der Waals surface area contributed by atoms with Crippen LogP contribution in [0.2, 0.25) is 0 Å². The highest BCUT2D eigenvalue weighted by molar-refractivity contribution is 6.02. The minimum atomic E-state index is -0.473. The summed E-state index contributed by atoms with van der Waals surface area (Å²) in [6.07, 6.45) is 3.10. The first-order chi connectivity index (χ1) is 11.1. The van der Waals surface area contributed by atoms with Crippen molar-refractivity contribution in [1.82, 2.24) is 14.9 Å². The fourth-order valence-electron chi connectivity index (χ4n) is 2.03. The summed E-state index contributed by atoms with van der Waals surface area (Å²) in [5.74, 6) is -0.579. The number of aromatic nitrogens is 3. The van der Waals surface area contributed by atoms with Crippen LogP contribution in [-0.4, -0.2) is 26.0 Å². The molecule has 2 heterocycles. The van der Waals surface area contributed by atoms with Crippen LogP contribution in [-0.2, 0) is 13.2 Å². The first-order valence-electron chi connectivity index (χ1n) is 6.79. The molecular formula is C15H13FN4O3. The lowest BCUT2D eigenvalue weighted by molar-refractivity contribution is 0.101. The Kier molecular flexibility index (Phi) is 4.15. The van der Waals surface area contributed by atoms with Crippen LogP contribution in [0.25, 0.3) is 0 Å². The normalized spacial score (nSPS) is 10.7. The zero-order valence-electron chi connectivity index (χ0n) is 11.9. The summed E-state index contributed by atoms with van der Waals surface area (Å²) in [5, 5.41) is 19.1. The summed E-state index contributed by atoms with van der Waals surface area (Å²) < 4.78 is 19.5. The van der Waals surface area contributed by atoms with E-state index in [0.717, 1.165) is 5.56 Å². The lowest BCUT2D eigenvalue weighted by atomic mass is 10.2. The van der Waals surface area contributed by atoms with Crippen molar-refractivity contribution in [2.24, 2.45) is 0 Å². The minimum absolute atomic E-state index is 0.0620. The number of halogens is 1. The number of hydrogen-bond acceptors (Lipinski definition) is 5. The molecule has 0 unspecified atom stereocenters. The number of carbonyl (C=O) groups excluding carboxylic acids is 1. The third kappa shape index (κ3) is 3.61. The number of aliphatic hydroxyl groups excluding tert-OH is 1. The maximum absolute atomic E-state index is 13.1. The van der Waals surface area contributed by atoms with Gasteiger partial charge in [-0.1, -0.05) is 17.3 Å². The number of amides is 1. The average molecular weight is 316 g/mol. The maximum Gasteiger partial charge on any atom is 0.277 e. The molecule has 0 bridgehead atoms. The van der Waals surface area contributed by atoms with E-state index in [4.69, 9.17) is 9.63 Å². The molecule has 8 heteroatoms. The first-order valence-corrected chi connectivity index (χ1v) is 6.79. The van der Waals surface area contributed by atoms with E-state index in [-0.39, 0.29) is 23.9 Å². The molecule has 23 heavy (non-hydrogen) atoms. The Balaban J connectivity index is 1.66. The van der Waals surface area contributed by atoms with Gasteiger partial charge in [-0.05, 0) is 17.7 Å². The van der Waals surface area contributed by atoms with Crippen molar-refractivity contribution in [2.75, 3.05) is 5.32 Å². The van der Waals surface area contributed by atoms with E-state index < -0.39 is 5.91 Å². The predicted molar refractivity (Wildman–Crippen MR) is 78.1 cm³/mol. The Bertz CT molecular complexity index is 828. The molecule has 2 aromatic heterocycles. The quantitative estimate of drug-likeness (QED) is 0.748. The van der Waals surface area contributed by atoms with E-state index in [9.17, 15) is 9.18 Å². The molecule has 0 saturated carbocycles. The fourth-order valence-corrected chi connectivity index (χ4v) is 2.03. The van der Waals surface area contributed by atoms with Crippen molar-refractivity contribution in [3.05, 3.63) is 65.6 Å². The van der Waals surface area contributed by atoms with Gasteiger partial charge in [0.2, 0.25) is 0 Å². The van der Waals surface area contributed by atoms with Crippen LogP contribution in [0, 0.1) is 5.82 Å². The summed E-state index contributed by atoms with van der Waals surface area (Å²) in [4.78, 5) is 12.0. The van der Waals surface area contributed by atoms with E-state index in [0.29, 0.717) is 12.2 Å². The van der Waals surface area contributed by atoms with Crippen molar-refractivity contribution in [3.8, 4) is 0 Å². The maximum atomic E-state index is 13.1. The van der Waals surface area contributed by atoms with E-state index in [2.05, 4.69) is 15.6 Å². The van der Waals surface area contributed by atoms with Crippen molar-refractivity contribution >= 4 is 11.6 Å². The lowest BCUT2D eigenvalue weighted by Crippen LogP contribution is -2.11. The van der Waals surface area contributed by atoms with Gasteiger partial charge in [0.1, 0.15) is 12.4 Å². The van der Waals surface area contributed by atoms with Crippen LogP contribution in [0.15, 0.2) is 47.2 Å². The highest BCUT2D eigenvalue weighted by atomic mass is 19.1. The van der Waals surface area contributed by atoms with Crippen LogP contribution in [0.1, 0.15) is 21.8 Å². The number of benzene rings is 1. The molecule has 3 rings (SSSR count). The zero-order chi connectivity index (χ0) is 16.2. The van der Waals surface area contributed by atoms with Gasteiger partial charge in [-0.25, -0.2) is 4.39 Å². The van der Waals surface area contributed by atoms with Gasteiger partial charge < -0.3 is 14.9 Å². The number of nitrogens with zero attached hydrogens (tertiary/aromatic N) is 3. The third-order valence-electron chi connectivity index (χ3n) is 3.07. The summed E-state index contributed by atoms with van der Waals surface area (Å²) >= 11 is 0. The predicted octanol–water partition coefficient (Wildman–Crippen LogP) is 1.80. The molecule has 0 aliphatic heterocycles. The topological polar surface area (TPSA) is 93.2 Å². The van der Waals surface area contributed by atoms with Crippen molar-refractivity contribution in [3.63, 3.8) is 0 Å². The molecule has 2 N–H and O–H groups in total. The second kappa shape index (κ2) is 6.41. The second-order valence-corrected chi connectivity index (χ2v) is 4.85. The standard InChI is InChI=1S/C15H13FN4O3/c16-11-3-1-2-10(4-11)7-20-8-12(6-17-20)18-15(22)14-5-13(9-21)23-19-14/h1-6,8,21H,7,9H2,(H,18,22). The Labute approximate surface area is 130 Å². The molecule has 0 atom stereocenters. The molecule has 0 spiro atoms. The molecule has 3 aromatic rings. The SMILES string of the molecule is O=C(Nc1cnn(Cc2cccc(F)c2)c1)c1cc(CO)on1. The lowest BCUT2D eigenvalue weighted by Gasteiger charge is -2.01. The molecule has 1 amide bonds. The molecule has 118 valence electrons. The summed E-state index contributed by atoms with van der Waals surface area (Å²) in [7, 11) is 0. The minimum Gasteiger partial charge on any atom is -0.388 e. The Morgan fingerprint density at radius 2 is 2.26 bits per heavy atom. The van der Waals surface area contributed by atoms with Gasteiger partial charge in [0, 0.05) is 12.3 Å². The van der Waals surface area contributed by atoms with Gasteiger partial charge in [0.05, 0.1) is 18.4 Å². The zero-order valence-corrected chi connectivity index (χ0v) is 11.9. The van der Waals surface area contributed by atoms with Gasteiger partial charge in [0.15, 0.2) is 11.5 Å². The smallest absolute Gasteiger partial charge is 0.277 e. The van der Waals surface area contributed by atoms with Gasteiger partial charge in [0.25, 0.3) is 5.91 Å². The van der Waals surface area contributed by atoms with E-state index in [1.165, 1.54) is 24.4 Å². The molecule has 0 radical (unpaired) electrons. The molecule has 1 aromatic carbocycles. The average Bonchev–Trinajstić information content (AvgIpc) is 3.16. The van der Waals surface area contributed by atoms with Crippen LogP contribution in [0.3, 0.4) is 0 Å². The number of anilines is 1. The van der Waals surface area contributed by atoms with Gasteiger partial charge in [-0.3, -0.25) is 9.48 Å². The van der Waals surface area contributed by atoms with Crippen LogP contribution < -0.4 is 5.32 Å². The summed E-state index contributed by atoms with van der Waals surface area (Å²) in [6, 6.07) is 7.56. The molecule has 0 fully saturated rings. The van der Waals surface area contributed by atoms with Crippen LogP contribution in [0.4, 0.5) is 10.1 Å². The number of aliphatic hydroxyl groups is 1. The third-order valence-corrected chi connectivity index (χ3v) is 3.07. The van der Waals surface area contributed by atoms with Gasteiger partial charge >= 0.3 is 0 Å². The number of carbonyl (C=O) groups is 1. The Hall–Kier alpha value is -3.00. The highest BCUT2D eigenvalue weighted by Gasteiger charge is 2.13.